The molecular weight excluding hydrogens is 206 g/mol. The minimum absolute atomic E-state index is 0. The number of hydrogen-bond acceptors (Lipinski definition) is 3. The molecule has 0 aromatic carbocycles. The molecule has 0 aliphatic heterocycles. The Morgan fingerprint density at radius 1 is 0.846 bits per heavy atom. The molecule has 0 bridgehead atoms. The second-order valence-electron chi connectivity index (χ2n) is 2.22. The van der Waals surface area contributed by atoms with Gasteiger partial charge in [0.2, 0.25) is 0 Å². The van der Waals surface area contributed by atoms with Crippen LogP contribution in [-0.4, -0.2) is 0 Å². The molecule has 5 heteroatoms. The van der Waals surface area contributed by atoms with Crippen LogP contribution in [0.3, 0.4) is 0 Å². The largest absolute Gasteiger partial charge is 1.00 e. The third-order valence-electron chi connectivity index (χ3n) is 1.58. The second-order valence-corrected chi connectivity index (χ2v) is 5.00. The smallest absolute Gasteiger partial charge is 0.307 e. The van der Waals surface area contributed by atoms with E-state index < -0.39 is 0 Å². The maximum Gasteiger partial charge on any atom is 1.00 e. The molecular formula is C8H2Li2S3. The number of rotatable bonds is 0. The van der Waals surface area contributed by atoms with Crippen molar-refractivity contribution in [3.8, 4) is 0 Å². The van der Waals surface area contributed by atoms with E-state index in [1.807, 2.05) is 11.3 Å². The summed E-state index contributed by atoms with van der Waals surface area (Å²) in [4.78, 5) is 0. The molecule has 0 aliphatic rings. The van der Waals surface area contributed by atoms with Gasteiger partial charge in [0.15, 0.2) is 0 Å². The van der Waals surface area contributed by atoms with Crippen molar-refractivity contribution in [3.05, 3.63) is 22.9 Å². The van der Waals surface area contributed by atoms with Crippen molar-refractivity contribution in [1.29, 1.82) is 0 Å². The van der Waals surface area contributed by atoms with E-state index in [2.05, 4.69) is 22.9 Å². The van der Waals surface area contributed by atoms with Crippen molar-refractivity contribution in [2.45, 2.75) is 0 Å². The first-order valence-corrected chi connectivity index (χ1v) is 5.58. The zero-order chi connectivity index (χ0) is 7.26. The Hall–Kier alpha value is 0.815. The molecule has 0 radical (unpaired) electrons. The van der Waals surface area contributed by atoms with Gasteiger partial charge in [-0.05, 0) is 0 Å². The van der Waals surface area contributed by atoms with Crippen LogP contribution < -0.4 is 37.7 Å². The molecule has 0 unspecified atom stereocenters. The number of fused-ring (bicyclic) bond motifs is 3. The molecule has 0 saturated carbocycles. The normalized spacial score (nSPS) is 9.85. The fourth-order valence-corrected chi connectivity index (χ4v) is 4.31. The molecule has 0 fully saturated rings. The molecule has 13 heavy (non-hydrogen) atoms. The Kier molecular flexibility index (Phi) is 4.17. The van der Waals surface area contributed by atoms with Gasteiger partial charge in [0.25, 0.3) is 0 Å². The Bertz CT molecular complexity index is 460. The summed E-state index contributed by atoms with van der Waals surface area (Å²) < 4.78 is 5.50. The van der Waals surface area contributed by atoms with E-state index >= 15 is 0 Å². The van der Waals surface area contributed by atoms with Gasteiger partial charge in [0.1, 0.15) is 0 Å². The topological polar surface area (TPSA) is 0 Å². The summed E-state index contributed by atoms with van der Waals surface area (Å²) >= 11 is 5.24. The van der Waals surface area contributed by atoms with E-state index in [1.54, 1.807) is 22.7 Å². The van der Waals surface area contributed by atoms with Gasteiger partial charge in [-0.3, -0.25) is 11.3 Å². The van der Waals surface area contributed by atoms with Crippen LogP contribution in [0.15, 0.2) is 12.1 Å². The van der Waals surface area contributed by atoms with Crippen molar-refractivity contribution in [2.24, 2.45) is 0 Å². The summed E-state index contributed by atoms with van der Waals surface area (Å²) in [5, 5.41) is 6.29. The van der Waals surface area contributed by atoms with Crippen molar-refractivity contribution >= 4 is 52.8 Å². The SMILES string of the molecule is [Li+].[Li+].[c-]1cc2sc3c[c-]sc3c2s1. The van der Waals surface area contributed by atoms with Gasteiger partial charge in [-0.15, -0.1) is 20.2 Å². The van der Waals surface area contributed by atoms with Crippen molar-refractivity contribution < 1.29 is 37.7 Å². The molecule has 3 aromatic rings. The summed E-state index contributed by atoms with van der Waals surface area (Å²) in [6.45, 7) is 0. The molecule has 0 saturated heterocycles. The maximum absolute atomic E-state index is 3.14. The van der Waals surface area contributed by atoms with Gasteiger partial charge < -0.3 is 22.7 Å². The maximum atomic E-state index is 3.14. The average molecular weight is 208 g/mol. The first-order chi connectivity index (χ1) is 5.45. The molecule has 0 spiro atoms. The predicted molar refractivity (Wildman–Crippen MR) is 52.8 cm³/mol. The zero-order valence-corrected chi connectivity index (χ0v) is 9.83. The van der Waals surface area contributed by atoms with Gasteiger partial charge in [-0.25, -0.2) is 0 Å². The summed E-state index contributed by atoms with van der Waals surface area (Å²) in [5.74, 6) is 0. The van der Waals surface area contributed by atoms with E-state index in [0.29, 0.717) is 0 Å². The monoisotopic (exact) mass is 208 g/mol. The van der Waals surface area contributed by atoms with Crippen molar-refractivity contribution in [3.63, 3.8) is 0 Å². The van der Waals surface area contributed by atoms with E-state index in [1.165, 1.54) is 18.8 Å². The fraction of sp³-hybridized carbons (Fsp3) is 0. The van der Waals surface area contributed by atoms with E-state index in [9.17, 15) is 0 Å². The molecule has 3 heterocycles. The van der Waals surface area contributed by atoms with Crippen LogP contribution in [0.2, 0.25) is 0 Å². The molecule has 3 rings (SSSR count). The molecule has 0 amide bonds. The summed E-state index contributed by atoms with van der Waals surface area (Å²) in [6, 6.07) is 4.13. The minimum atomic E-state index is 0. The molecule has 0 nitrogen and oxygen atoms in total. The van der Waals surface area contributed by atoms with Gasteiger partial charge in [0, 0.05) is 0 Å². The van der Waals surface area contributed by atoms with Crippen LogP contribution in [0.5, 0.6) is 0 Å². The Morgan fingerprint density at radius 2 is 1.31 bits per heavy atom. The Morgan fingerprint density at radius 3 is 1.77 bits per heavy atom. The fourth-order valence-electron chi connectivity index (χ4n) is 1.10. The first-order valence-electron chi connectivity index (χ1n) is 3.13. The zero-order valence-electron chi connectivity index (χ0n) is 7.38. The van der Waals surface area contributed by atoms with Crippen LogP contribution in [0.25, 0.3) is 18.8 Å². The van der Waals surface area contributed by atoms with Crippen LogP contribution in [-0.2, 0) is 0 Å². The molecule has 0 N–H and O–H groups in total. The first kappa shape index (κ1) is 11.9. The van der Waals surface area contributed by atoms with E-state index in [4.69, 9.17) is 0 Å². The van der Waals surface area contributed by atoms with Crippen LogP contribution in [0.4, 0.5) is 0 Å². The van der Waals surface area contributed by atoms with Gasteiger partial charge in [-0.2, -0.15) is 21.5 Å². The standard InChI is InChI=1S/C8H2S3.2Li/c1-3-9-7-5(1)11-6-2-4-10-8(6)7;;/h1-2H;;/q-2;2*+1. The molecule has 0 aliphatic carbocycles. The second kappa shape index (κ2) is 4.56. The third-order valence-corrected chi connectivity index (χ3v) is 4.77. The number of hydrogen-bond donors (Lipinski definition) is 0. The van der Waals surface area contributed by atoms with E-state index in [-0.39, 0.29) is 37.7 Å². The Balaban J connectivity index is 0.000000422. The van der Waals surface area contributed by atoms with Gasteiger partial charge in [-0.1, -0.05) is 0 Å². The summed E-state index contributed by atoms with van der Waals surface area (Å²) in [6.07, 6.45) is 0. The Labute approximate surface area is 112 Å². The average Bonchev–Trinajstić information content (AvgIpc) is 2.52. The van der Waals surface area contributed by atoms with Crippen LogP contribution in [0.1, 0.15) is 0 Å². The summed E-state index contributed by atoms with van der Waals surface area (Å²) in [5.41, 5.74) is 0. The third kappa shape index (κ3) is 1.81. The summed E-state index contributed by atoms with van der Waals surface area (Å²) in [7, 11) is 0. The predicted octanol–water partition coefficient (Wildman–Crippen LogP) is -2.21. The van der Waals surface area contributed by atoms with Crippen molar-refractivity contribution in [2.75, 3.05) is 0 Å². The van der Waals surface area contributed by atoms with Gasteiger partial charge in [0.05, 0.1) is 0 Å². The van der Waals surface area contributed by atoms with Crippen molar-refractivity contribution in [1.82, 2.24) is 0 Å². The molecule has 3 aromatic heterocycles. The van der Waals surface area contributed by atoms with Crippen LogP contribution >= 0.6 is 34.0 Å². The van der Waals surface area contributed by atoms with Gasteiger partial charge >= 0.3 is 37.7 Å². The molecule has 54 valence electrons. The quantitative estimate of drug-likeness (QED) is 0.290. The minimum Gasteiger partial charge on any atom is -0.307 e. The van der Waals surface area contributed by atoms with Crippen LogP contribution in [0, 0.1) is 10.8 Å². The number of thiophene rings is 3. The molecule has 0 atom stereocenters. The van der Waals surface area contributed by atoms with E-state index in [0.717, 1.165) is 0 Å².